The molecule has 0 amide bonds. The van der Waals surface area contributed by atoms with Crippen molar-refractivity contribution in [1.82, 2.24) is 4.90 Å². The fraction of sp³-hybridized carbons (Fsp3) is 1.00. The third kappa shape index (κ3) is 1.48. The molecular weight excluding hydrogens is 86.1 g/mol. The second-order valence-corrected chi connectivity index (χ2v) is 2.05. The second kappa shape index (κ2) is 2.31. The van der Waals surface area contributed by atoms with Crippen LogP contribution in [-0.2, 0) is 0 Å². The van der Waals surface area contributed by atoms with E-state index in [0.717, 1.165) is 25.9 Å². The summed E-state index contributed by atoms with van der Waals surface area (Å²) in [6, 6.07) is 0. The van der Waals surface area contributed by atoms with E-state index in [1.54, 1.807) is 4.90 Å². The van der Waals surface area contributed by atoms with Crippen molar-refractivity contribution in [3.05, 3.63) is 0 Å². The molecule has 0 aromatic heterocycles. The van der Waals surface area contributed by atoms with Gasteiger partial charge in [0.1, 0.15) is 0 Å². The van der Waals surface area contributed by atoms with Crippen LogP contribution >= 0.6 is 0 Å². The van der Waals surface area contributed by atoms with E-state index in [2.05, 4.69) is 0 Å². The summed E-state index contributed by atoms with van der Waals surface area (Å²) in [7, 11) is 0. The molecule has 0 spiro atoms. The monoisotopic (exact) mass is 102 g/mol. The summed E-state index contributed by atoms with van der Waals surface area (Å²) < 4.78 is 21.3. The molecule has 1 nitrogen and oxygen atoms in total. The largest absolute Gasteiger partial charge is 0.306 e. The molecule has 0 unspecified atom stereocenters. The molecule has 1 aliphatic heterocycles. The van der Waals surface area contributed by atoms with E-state index < -0.39 is 6.98 Å². The Morgan fingerprint density at radius 1 is 1.29 bits per heavy atom. The molecule has 1 fully saturated rings. The van der Waals surface area contributed by atoms with Crippen LogP contribution in [0.2, 0.25) is 0 Å². The smallest absolute Gasteiger partial charge is 0.0394 e. The van der Waals surface area contributed by atoms with Crippen molar-refractivity contribution in [2.75, 3.05) is 20.1 Å². The number of hydrogen-bond acceptors (Lipinski definition) is 1. The van der Waals surface area contributed by atoms with Crippen LogP contribution in [0.15, 0.2) is 0 Å². The number of rotatable bonds is 0. The van der Waals surface area contributed by atoms with E-state index in [9.17, 15) is 0 Å². The van der Waals surface area contributed by atoms with Gasteiger partial charge in [0.15, 0.2) is 0 Å². The van der Waals surface area contributed by atoms with Crippen molar-refractivity contribution in [2.45, 2.75) is 19.3 Å². The van der Waals surface area contributed by atoms with Crippen LogP contribution in [0.5, 0.6) is 0 Å². The Kier molecular flexibility index (Phi) is 0.824. The van der Waals surface area contributed by atoms with E-state index in [1.807, 2.05) is 0 Å². The van der Waals surface area contributed by atoms with Crippen LogP contribution in [0, 0.1) is 0 Å². The van der Waals surface area contributed by atoms with E-state index in [4.69, 9.17) is 4.11 Å². The molecule has 1 heteroatoms. The molecule has 1 heterocycles. The fourth-order valence-electron chi connectivity index (χ4n) is 0.894. The second-order valence-electron chi connectivity index (χ2n) is 2.05. The van der Waals surface area contributed by atoms with Crippen molar-refractivity contribution >= 4 is 0 Å². The fourth-order valence-corrected chi connectivity index (χ4v) is 0.894. The normalized spacial score (nSPS) is 33.4. The highest BCUT2D eigenvalue weighted by Gasteiger charge is 2.02. The highest BCUT2D eigenvalue weighted by atomic mass is 15.1. The minimum Gasteiger partial charge on any atom is -0.306 e. The quantitative estimate of drug-likeness (QED) is 0.443. The van der Waals surface area contributed by atoms with Gasteiger partial charge in [-0.1, -0.05) is 6.42 Å². The van der Waals surface area contributed by atoms with Gasteiger partial charge >= 0.3 is 0 Å². The maximum atomic E-state index is 7.09. The first-order chi connectivity index (χ1) is 4.61. The lowest BCUT2D eigenvalue weighted by Gasteiger charge is -2.20. The molecule has 0 N–H and O–H groups in total. The van der Waals surface area contributed by atoms with Gasteiger partial charge in [-0.15, -0.1) is 0 Å². The summed E-state index contributed by atoms with van der Waals surface area (Å²) in [5.41, 5.74) is 0. The van der Waals surface area contributed by atoms with Crippen molar-refractivity contribution < 1.29 is 4.11 Å². The highest BCUT2D eigenvalue weighted by molar-refractivity contribution is 4.58. The lowest BCUT2D eigenvalue weighted by atomic mass is 10.1. The first-order valence-corrected chi connectivity index (χ1v) is 2.86. The molecular formula is C6H13N. The van der Waals surface area contributed by atoms with Crippen LogP contribution in [0.25, 0.3) is 0 Å². The zero-order valence-electron chi connectivity index (χ0n) is 7.48. The Bertz CT molecular complexity index is 104. The van der Waals surface area contributed by atoms with Crippen LogP contribution in [0.1, 0.15) is 23.4 Å². The molecule has 0 atom stereocenters. The Balaban J connectivity index is 2.39. The summed E-state index contributed by atoms with van der Waals surface area (Å²) in [5.74, 6) is 0. The van der Waals surface area contributed by atoms with Gasteiger partial charge in [-0.25, -0.2) is 0 Å². The molecule has 0 aliphatic carbocycles. The topological polar surface area (TPSA) is 3.24 Å². The molecule has 0 aromatic rings. The highest BCUT2D eigenvalue weighted by Crippen LogP contribution is 2.04. The molecule has 7 heavy (non-hydrogen) atoms. The Morgan fingerprint density at radius 2 is 2.00 bits per heavy atom. The third-order valence-electron chi connectivity index (χ3n) is 1.36. The summed E-state index contributed by atoms with van der Waals surface area (Å²) >= 11 is 0. The Morgan fingerprint density at radius 3 is 2.43 bits per heavy atom. The molecule has 1 saturated heterocycles. The van der Waals surface area contributed by atoms with E-state index >= 15 is 0 Å². The lowest BCUT2D eigenvalue weighted by molar-refractivity contribution is 0.277. The first kappa shape index (κ1) is 2.49. The summed E-state index contributed by atoms with van der Waals surface area (Å²) in [4.78, 5) is 1.58. The van der Waals surface area contributed by atoms with Crippen molar-refractivity contribution in [1.29, 1.82) is 0 Å². The van der Waals surface area contributed by atoms with Gasteiger partial charge in [0, 0.05) is 4.11 Å². The van der Waals surface area contributed by atoms with Crippen molar-refractivity contribution in [3.63, 3.8) is 0 Å². The van der Waals surface area contributed by atoms with Gasteiger partial charge in [0.05, 0.1) is 0 Å². The lowest BCUT2D eigenvalue weighted by Crippen LogP contribution is -2.24. The minimum absolute atomic E-state index is 0.747. The predicted octanol–water partition coefficient (Wildman–Crippen LogP) is 1.10. The van der Waals surface area contributed by atoms with Crippen LogP contribution < -0.4 is 0 Å². The van der Waals surface area contributed by atoms with E-state index in [0.29, 0.717) is 0 Å². The van der Waals surface area contributed by atoms with Gasteiger partial charge in [0.25, 0.3) is 0 Å². The summed E-state index contributed by atoms with van der Waals surface area (Å²) in [6.45, 7) is -0.354. The molecule has 0 bridgehead atoms. The average Bonchev–Trinajstić information content (AvgIpc) is 1.88. The van der Waals surface area contributed by atoms with Gasteiger partial charge in [-0.05, 0) is 32.9 Å². The van der Waals surface area contributed by atoms with Gasteiger partial charge in [-0.2, -0.15) is 0 Å². The van der Waals surface area contributed by atoms with Crippen LogP contribution in [0.4, 0.5) is 0 Å². The zero-order chi connectivity index (χ0) is 7.61. The number of hydrogen-bond donors (Lipinski definition) is 0. The standard InChI is InChI=1S/C6H13N/c1-7-5-3-2-4-6-7/h2-6H2,1H3/i1D3. The Labute approximate surface area is 49.5 Å². The average molecular weight is 102 g/mol. The van der Waals surface area contributed by atoms with Gasteiger partial charge in [-0.3, -0.25) is 0 Å². The molecule has 0 aromatic carbocycles. The molecule has 42 valence electrons. The molecule has 0 radical (unpaired) electrons. The molecule has 1 rings (SSSR count). The van der Waals surface area contributed by atoms with Crippen LogP contribution in [0.3, 0.4) is 0 Å². The minimum atomic E-state index is -1.85. The number of piperidine rings is 1. The van der Waals surface area contributed by atoms with E-state index in [-0.39, 0.29) is 0 Å². The first-order valence-electron chi connectivity index (χ1n) is 4.36. The van der Waals surface area contributed by atoms with Gasteiger partial charge < -0.3 is 4.90 Å². The zero-order valence-corrected chi connectivity index (χ0v) is 4.48. The van der Waals surface area contributed by atoms with Gasteiger partial charge in [0.2, 0.25) is 0 Å². The SMILES string of the molecule is [2H]C([2H])([2H])N1CCCCC1. The maximum Gasteiger partial charge on any atom is 0.0394 e. The number of likely N-dealkylation sites (tertiary alicyclic amines) is 1. The molecule has 0 saturated carbocycles. The number of nitrogens with zero attached hydrogens (tertiary/aromatic N) is 1. The predicted molar refractivity (Wildman–Crippen MR) is 31.3 cm³/mol. The maximum absolute atomic E-state index is 7.09. The third-order valence-corrected chi connectivity index (χ3v) is 1.36. The summed E-state index contributed by atoms with van der Waals surface area (Å²) in [6.07, 6.45) is 3.27. The van der Waals surface area contributed by atoms with Crippen molar-refractivity contribution in [2.24, 2.45) is 0 Å². The molecule has 1 aliphatic rings. The Hall–Kier alpha value is -0.0400. The van der Waals surface area contributed by atoms with Crippen molar-refractivity contribution in [3.8, 4) is 0 Å². The summed E-state index contributed by atoms with van der Waals surface area (Å²) in [5, 5.41) is 0. The van der Waals surface area contributed by atoms with Crippen LogP contribution in [-0.4, -0.2) is 25.0 Å². The van der Waals surface area contributed by atoms with E-state index in [1.165, 1.54) is 6.42 Å².